The van der Waals surface area contributed by atoms with E-state index in [1.165, 1.54) is 12.0 Å². The minimum absolute atomic E-state index is 0.500. The van der Waals surface area contributed by atoms with Gasteiger partial charge in [-0.2, -0.15) is 0 Å². The molecule has 1 aromatic rings. The lowest BCUT2D eigenvalue weighted by Gasteiger charge is -2.24. The van der Waals surface area contributed by atoms with Crippen molar-refractivity contribution in [3.05, 3.63) is 41.7 Å². The second kappa shape index (κ2) is 8.30. The van der Waals surface area contributed by atoms with Crippen molar-refractivity contribution < 1.29 is 4.74 Å². The van der Waals surface area contributed by atoms with Crippen LogP contribution in [0.2, 0.25) is 0 Å². The van der Waals surface area contributed by atoms with Crippen LogP contribution in [0, 0.1) is 11.8 Å². The first-order valence-electron chi connectivity index (χ1n) is 8.05. The summed E-state index contributed by atoms with van der Waals surface area (Å²) < 4.78 is 5.86. The van der Waals surface area contributed by atoms with E-state index in [4.69, 9.17) is 4.74 Å². The van der Waals surface area contributed by atoms with Gasteiger partial charge in [0.05, 0.1) is 18.9 Å². The maximum Gasteiger partial charge on any atom is 0.0887 e. The molecule has 0 radical (unpaired) electrons. The minimum Gasteiger partial charge on any atom is -0.375 e. The second-order valence-electron chi connectivity index (χ2n) is 6.39. The smallest absolute Gasteiger partial charge is 0.0887 e. The number of rotatable bonds is 7. The first kappa shape index (κ1) is 16.2. The Morgan fingerprint density at radius 2 is 2.10 bits per heavy atom. The molecule has 0 spiro atoms. The van der Waals surface area contributed by atoms with Crippen molar-refractivity contribution in [1.82, 2.24) is 10.3 Å². The van der Waals surface area contributed by atoms with Crippen LogP contribution < -0.4 is 5.32 Å². The van der Waals surface area contributed by atoms with Gasteiger partial charge in [-0.05, 0) is 36.3 Å². The van der Waals surface area contributed by atoms with Crippen molar-refractivity contribution in [2.45, 2.75) is 52.8 Å². The maximum absolute atomic E-state index is 5.86. The number of aromatic nitrogens is 1. The summed E-state index contributed by atoms with van der Waals surface area (Å²) in [6, 6.07) is 4.70. The molecule has 1 aliphatic carbocycles. The molecule has 116 valence electrons. The van der Waals surface area contributed by atoms with Crippen molar-refractivity contribution in [2.75, 3.05) is 6.61 Å². The van der Waals surface area contributed by atoms with Crippen LogP contribution in [0.3, 0.4) is 0 Å². The fourth-order valence-corrected chi connectivity index (χ4v) is 2.52. The first-order valence-corrected chi connectivity index (χ1v) is 8.05. The average molecular weight is 288 g/mol. The lowest BCUT2D eigenvalue weighted by Crippen LogP contribution is -2.22. The molecule has 0 bridgehead atoms. The number of hydrogen-bond acceptors (Lipinski definition) is 3. The normalized spacial score (nSPS) is 21.9. The fourth-order valence-electron chi connectivity index (χ4n) is 2.52. The average Bonchev–Trinajstić information content (AvgIpc) is 2.48. The van der Waals surface area contributed by atoms with Crippen LogP contribution >= 0.6 is 0 Å². The highest BCUT2D eigenvalue weighted by molar-refractivity contribution is 5.13. The summed E-state index contributed by atoms with van der Waals surface area (Å²) in [7, 11) is 0. The predicted octanol–water partition coefficient (Wildman–Crippen LogP) is 3.70. The van der Waals surface area contributed by atoms with Crippen molar-refractivity contribution in [3.63, 3.8) is 0 Å². The molecule has 3 nitrogen and oxygen atoms in total. The van der Waals surface area contributed by atoms with Gasteiger partial charge in [-0.1, -0.05) is 39.0 Å². The Bertz CT molecular complexity index is 439. The van der Waals surface area contributed by atoms with Crippen LogP contribution in [-0.2, 0) is 17.9 Å². The summed E-state index contributed by atoms with van der Waals surface area (Å²) in [6.07, 6.45) is 8.84. The molecule has 0 aromatic carbocycles. The molecule has 1 aromatic heterocycles. The van der Waals surface area contributed by atoms with Gasteiger partial charge in [0.25, 0.3) is 0 Å². The van der Waals surface area contributed by atoms with Crippen LogP contribution in [0.1, 0.15) is 44.9 Å². The van der Waals surface area contributed by atoms with Crippen LogP contribution in [0.25, 0.3) is 0 Å². The highest BCUT2D eigenvalue weighted by Crippen LogP contribution is 2.25. The molecule has 0 aliphatic heterocycles. The summed E-state index contributed by atoms with van der Waals surface area (Å²) >= 11 is 0. The van der Waals surface area contributed by atoms with Gasteiger partial charge in [0, 0.05) is 18.8 Å². The maximum atomic E-state index is 5.86. The van der Waals surface area contributed by atoms with Gasteiger partial charge in [-0.3, -0.25) is 4.98 Å². The Kier molecular flexibility index (Phi) is 6.40. The van der Waals surface area contributed by atoms with Gasteiger partial charge in [-0.25, -0.2) is 0 Å². The third kappa shape index (κ3) is 5.60. The largest absolute Gasteiger partial charge is 0.375 e. The molecule has 2 unspecified atom stereocenters. The van der Waals surface area contributed by atoms with Gasteiger partial charge >= 0.3 is 0 Å². The molecular weight excluding hydrogens is 260 g/mol. The number of allylic oxidation sites excluding steroid dienone is 2. The van der Waals surface area contributed by atoms with Crippen LogP contribution in [-0.4, -0.2) is 17.6 Å². The summed E-state index contributed by atoms with van der Waals surface area (Å²) in [5.41, 5.74) is 2.24. The zero-order valence-corrected chi connectivity index (χ0v) is 13.5. The van der Waals surface area contributed by atoms with Crippen molar-refractivity contribution in [3.8, 4) is 0 Å². The van der Waals surface area contributed by atoms with Crippen LogP contribution in [0.15, 0.2) is 30.5 Å². The molecule has 0 saturated heterocycles. The summed E-state index contributed by atoms with van der Waals surface area (Å²) in [5, 5.41) is 3.39. The number of nitrogens with zero attached hydrogens (tertiary/aromatic N) is 1. The first-order chi connectivity index (χ1) is 10.1. The van der Waals surface area contributed by atoms with E-state index in [1.54, 1.807) is 0 Å². The topological polar surface area (TPSA) is 34.1 Å². The Hall–Kier alpha value is -1.19. The van der Waals surface area contributed by atoms with Crippen molar-refractivity contribution in [1.29, 1.82) is 0 Å². The Morgan fingerprint density at radius 3 is 2.76 bits per heavy atom. The third-order valence-corrected chi connectivity index (χ3v) is 4.10. The van der Waals surface area contributed by atoms with E-state index in [0.717, 1.165) is 31.2 Å². The van der Waals surface area contributed by atoms with Crippen molar-refractivity contribution in [2.24, 2.45) is 11.8 Å². The molecule has 21 heavy (non-hydrogen) atoms. The number of pyridine rings is 1. The van der Waals surface area contributed by atoms with E-state index in [0.29, 0.717) is 18.6 Å². The van der Waals surface area contributed by atoms with Gasteiger partial charge in [0.2, 0.25) is 0 Å². The van der Waals surface area contributed by atoms with E-state index in [1.807, 2.05) is 6.20 Å². The molecule has 0 amide bonds. The van der Waals surface area contributed by atoms with E-state index in [2.05, 4.69) is 55.4 Å². The quantitative estimate of drug-likeness (QED) is 0.777. The molecule has 1 heterocycles. The SMILES string of the molecule is CC(C)NCc1ccc(COCC2CC=CCC2C)nc1. The number of ether oxygens (including phenoxy) is 1. The van der Waals surface area contributed by atoms with Crippen LogP contribution in [0.4, 0.5) is 0 Å². The lowest BCUT2D eigenvalue weighted by atomic mass is 9.85. The number of nitrogens with one attached hydrogen (secondary N) is 1. The van der Waals surface area contributed by atoms with Gasteiger partial charge in [-0.15, -0.1) is 0 Å². The predicted molar refractivity (Wildman–Crippen MR) is 86.9 cm³/mol. The van der Waals surface area contributed by atoms with Gasteiger partial charge < -0.3 is 10.1 Å². The Labute approximate surface area is 128 Å². The van der Waals surface area contributed by atoms with E-state index >= 15 is 0 Å². The molecule has 1 N–H and O–H groups in total. The van der Waals surface area contributed by atoms with E-state index < -0.39 is 0 Å². The minimum atomic E-state index is 0.500. The van der Waals surface area contributed by atoms with Gasteiger partial charge in [0.1, 0.15) is 0 Å². The summed E-state index contributed by atoms with van der Waals surface area (Å²) in [5.74, 6) is 1.39. The van der Waals surface area contributed by atoms with E-state index in [-0.39, 0.29) is 0 Å². The molecule has 2 rings (SSSR count). The summed E-state index contributed by atoms with van der Waals surface area (Å²) in [4.78, 5) is 4.48. The molecular formula is C18H28N2O. The zero-order valence-electron chi connectivity index (χ0n) is 13.5. The summed E-state index contributed by atoms with van der Waals surface area (Å²) in [6.45, 7) is 8.94. The Morgan fingerprint density at radius 1 is 1.29 bits per heavy atom. The third-order valence-electron chi connectivity index (χ3n) is 4.10. The molecule has 2 atom stereocenters. The van der Waals surface area contributed by atoms with Crippen molar-refractivity contribution >= 4 is 0 Å². The monoisotopic (exact) mass is 288 g/mol. The Balaban J connectivity index is 1.72. The van der Waals surface area contributed by atoms with Gasteiger partial charge in [0.15, 0.2) is 0 Å². The lowest BCUT2D eigenvalue weighted by molar-refractivity contribution is 0.0662. The zero-order chi connectivity index (χ0) is 15.1. The van der Waals surface area contributed by atoms with Crippen LogP contribution in [0.5, 0.6) is 0 Å². The molecule has 3 heteroatoms. The standard InChI is InChI=1S/C18H28N2O/c1-14(2)19-10-16-8-9-18(20-11-16)13-21-12-17-7-5-4-6-15(17)3/h4-5,8-9,11,14-15,17,19H,6-7,10,12-13H2,1-3H3. The highest BCUT2D eigenvalue weighted by atomic mass is 16.5. The molecule has 0 saturated carbocycles. The highest BCUT2D eigenvalue weighted by Gasteiger charge is 2.18. The second-order valence-corrected chi connectivity index (χ2v) is 6.39. The molecule has 1 aliphatic rings. The molecule has 0 fully saturated rings. The number of hydrogen-bond donors (Lipinski definition) is 1. The van der Waals surface area contributed by atoms with E-state index in [9.17, 15) is 0 Å². The fraction of sp³-hybridized carbons (Fsp3) is 0.611.